The van der Waals surface area contributed by atoms with Gasteiger partial charge in [0.2, 0.25) is 0 Å². The van der Waals surface area contributed by atoms with Gasteiger partial charge in [-0.05, 0) is 79.8 Å². The molecule has 0 bridgehead atoms. The van der Waals surface area contributed by atoms with E-state index in [2.05, 4.69) is 45.3 Å². The third-order valence-corrected chi connectivity index (χ3v) is 6.96. The van der Waals surface area contributed by atoms with Gasteiger partial charge in [-0.1, -0.05) is 35.9 Å². The van der Waals surface area contributed by atoms with E-state index in [-0.39, 0.29) is 0 Å². The smallest absolute Gasteiger partial charge is 0.140 e. The van der Waals surface area contributed by atoms with Gasteiger partial charge in [0.05, 0.1) is 16.2 Å². The summed E-state index contributed by atoms with van der Waals surface area (Å²) in [6.45, 7) is 2.02. The first-order valence-corrected chi connectivity index (χ1v) is 11.6. The average molecular weight is 444 g/mol. The van der Waals surface area contributed by atoms with E-state index in [1.165, 1.54) is 18.4 Å². The van der Waals surface area contributed by atoms with E-state index < -0.39 is 0 Å². The SMILES string of the molecule is Cc1cc(Cl)c2nc(-c3ccc(-c4ccc(C5CCC(CC=O)CC5)cc4)nc3)[nH]c2c1. The van der Waals surface area contributed by atoms with Crippen molar-refractivity contribution in [1.82, 2.24) is 15.0 Å². The molecule has 1 N–H and O–H groups in total. The van der Waals surface area contributed by atoms with Crippen LogP contribution in [0.1, 0.15) is 49.1 Å². The predicted molar refractivity (Wildman–Crippen MR) is 130 cm³/mol. The van der Waals surface area contributed by atoms with Crippen LogP contribution in [0.25, 0.3) is 33.7 Å². The lowest BCUT2D eigenvalue weighted by Gasteiger charge is -2.27. The molecule has 0 amide bonds. The standard InChI is InChI=1S/C27H26ClN3O/c1-17-14-23(28)26-25(15-17)30-27(31-26)22-10-11-24(29-16-22)21-8-6-20(7-9-21)19-4-2-18(3-5-19)12-13-32/h6-11,13-16,18-19H,2-5,12H2,1H3,(H,30,31). The fourth-order valence-corrected chi connectivity index (χ4v) is 5.16. The number of aldehydes is 1. The van der Waals surface area contributed by atoms with E-state index in [9.17, 15) is 4.79 Å². The number of aryl methyl sites for hydroxylation is 1. The van der Waals surface area contributed by atoms with Crippen LogP contribution in [0.15, 0.2) is 54.7 Å². The van der Waals surface area contributed by atoms with Gasteiger partial charge in [0.25, 0.3) is 0 Å². The normalized spacial score (nSPS) is 18.7. The molecule has 5 heteroatoms. The number of fused-ring (bicyclic) bond motifs is 1. The van der Waals surface area contributed by atoms with Crippen molar-refractivity contribution in [2.24, 2.45) is 5.92 Å². The molecule has 162 valence electrons. The molecule has 2 aromatic heterocycles. The number of aromatic amines is 1. The number of rotatable bonds is 5. The summed E-state index contributed by atoms with van der Waals surface area (Å²) >= 11 is 6.35. The lowest BCUT2D eigenvalue weighted by atomic mass is 9.77. The van der Waals surface area contributed by atoms with Crippen LogP contribution >= 0.6 is 11.6 Å². The summed E-state index contributed by atoms with van der Waals surface area (Å²) in [5.41, 5.74) is 7.20. The average Bonchev–Trinajstić information content (AvgIpc) is 3.25. The van der Waals surface area contributed by atoms with Crippen LogP contribution < -0.4 is 0 Å². The second kappa shape index (κ2) is 8.87. The van der Waals surface area contributed by atoms with Crippen LogP contribution in [0.5, 0.6) is 0 Å². The van der Waals surface area contributed by atoms with Crippen LogP contribution in [0.4, 0.5) is 0 Å². The number of H-pyrrole nitrogens is 1. The number of nitrogens with one attached hydrogen (secondary N) is 1. The Hall–Kier alpha value is -2.98. The van der Waals surface area contributed by atoms with Crippen molar-refractivity contribution in [2.45, 2.75) is 44.9 Å². The van der Waals surface area contributed by atoms with Crippen molar-refractivity contribution in [1.29, 1.82) is 0 Å². The molecule has 32 heavy (non-hydrogen) atoms. The topological polar surface area (TPSA) is 58.6 Å². The quantitative estimate of drug-likeness (QED) is 0.334. The molecule has 1 aliphatic carbocycles. The van der Waals surface area contributed by atoms with Crippen molar-refractivity contribution in [3.05, 3.63) is 70.9 Å². The summed E-state index contributed by atoms with van der Waals surface area (Å²) in [5.74, 6) is 1.95. The molecule has 2 aromatic carbocycles. The van der Waals surface area contributed by atoms with Crippen LogP contribution in [-0.2, 0) is 4.79 Å². The maximum atomic E-state index is 10.7. The molecule has 2 heterocycles. The Morgan fingerprint density at radius 2 is 1.78 bits per heavy atom. The summed E-state index contributed by atoms with van der Waals surface area (Å²) in [6.07, 6.45) is 8.30. The number of imidazole rings is 1. The second-order valence-corrected chi connectivity index (χ2v) is 9.31. The van der Waals surface area contributed by atoms with E-state index in [1.54, 1.807) is 0 Å². The zero-order chi connectivity index (χ0) is 22.1. The number of halogens is 1. The van der Waals surface area contributed by atoms with Gasteiger partial charge in [-0.2, -0.15) is 0 Å². The maximum Gasteiger partial charge on any atom is 0.140 e. The number of hydrogen-bond donors (Lipinski definition) is 1. The Balaban J connectivity index is 1.31. The molecule has 1 saturated carbocycles. The monoisotopic (exact) mass is 443 g/mol. The highest BCUT2D eigenvalue weighted by molar-refractivity contribution is 6.35. The number of carbonyl (C=O) groups excluding carboxylic acids is 1. The molecule has 4 nitrogen and oxygen atoms in total. The summed E-state index contributed by atoms with van der Waals surface area (Å²) in [6, 6.07) is 16.9. The number of hydrogen-bond acceptors (Lipinski definition) is 3. The Morgan fingerprint density at radius 3 is 2.47 bits per heavy atom. The van der Waals surface area contributed by atoms with Crippen molar-refractivity contribution in [3.63, 3.8) is 0 Å². The summed E-state index contributed by atoms with van der Waals surface area (Å²) in [4.78, 5) is 23.4. The van der Waals surface area contributed by atoms with Crippen molar-refractivity contribution >= 4 is 28.9 Å². The lowest BCUT2D eigenvalue weighted by Crippen LogP contribution is -2.13. The number of carbonyl (C=O) groups is 1. The number of pyridine rings is 1. The zero-order valence-corrected chi connectivity index (χ0v) is 18.9. The minimum atomic E-state index is 0.581. The van der Waals surface area contributed by atoms with Gasteiger partial charge in [0.15, 0.2) is 0 Å². The molecule has 1 aliphatic rings. The molecule has 0 spiro atoms. The fraction of sp³-hybridized carbons (Fsp3) is 0.296. The first kappa shape index (κ1) is 20.9. The molecule has 0 unspecified atom stereocenters. The van der Waals surface area contributed by atoms with Crippen LogP contribution in [0, 0.1) is 12.8 Å². The first-order valence-electron chi connectivity index (χ1n) is 11.3. The Labute approximate surface area is 193 Å². The molecule has 0 aliphatic heterocycles. The number of benzene rings is 2. The highest BCUT2D eigenvalue weighted by atomic mass is 35.5. The zero-order valence-electron chi connectivity index (χ0n) is 18.1. The third kappa shape index (κ3) is 4.20. The summed E-state index contributed by atoms with van der Waals surface area (Å²) in [5, 5.41) is 0.657. The minimum Gasteiger partial charge on any atom is -0.338 e. The fourth-order valence-electron chi connectivity index (χ4n) is 4.85. The summed E-state index contributed by atoms with van der Waals surface area (Å²) in [7, 11) is 0. The molecule has 0 radical (unpaired) electrons. The van der Waals surface area contributed by atoms with E-state index in [1.807, 2.05) is 31.3 Å². The molecule has 1 fully saturated rings. The second-order valence-electron chi connectivity index (χ2n) is 8.90. The van der Waals surface area contributed by atoms with Gasteiger partial charge in [0.1, 0.15) is 17.6 Å². The van der Waals surface area contributed by atoms with Crippen LogP contribution in [0.3, 0.4) is 0 Å². The highest BCUT2D eigenvalue weighted by Crippen LogP contribution is 2.37. The number of nitrogens with zero attached hydrogens (tertiary/aromatic N) is 2. The highest BCUT2D eigenvalue weighted by Gasteiger charge is 2.22. The van der Waals surface area contributed by atoms with E-state index in [4.69, 9.17) is 11.6 Å². The minimum absolute atomic E-state index is 0.581. The molecule has 0 atom stereocenters. The van der Waals surface area contributed by atoms with Crippen LogP contribution in [-0.4, -0.2) is 21.2 Å². The van der Waals surface area contributed by atoms with E-state index >= 15 is 0 Å². The molecule has 4 aromatic rings. The Kier molecular flexibility index (Phi) is 5.79. The van der Waals surface area contributed by atoms with Gasteiger partial charge in [-0.3, -0.25) is 4.98 Å². The molecular weight excluding hydrogens is 418 g/mol. The van der Waals surface area contributed by atoms with E-state index in [0.717, 1.165) is 58.4 Å². The Bertz CT molecular complexity index is 1240. The first-order chi connectivity index (χ1) is 15.6. The van der Waals surface area contributed by atoms with Crippen molar-refractivity contribution in [3.8, 4) is 22.6 Å². The Morgan fingerprint density at radius 1 is 1.03 bits per heavy atom. The van der Waals surface area contributed by atoms with Gasteiger partial charge < -0.3 is 9.78 Å². The summed E-state index contributed by atoms with van der Waals surface area (Å²) < 4.78 is 0. The van der Waals surface area contributed by atoms with Gasteiger partial charge >= 0.3 is 0 Å². The maximum absolute atomic E-state index is 10.7. The molecular formula is C27H26ClN3O. The predicted octanol–water partition coefficient (Wildman–Crippen LogP) is 7.12. The number of aromatic nitrogens is 3. The molecule has 5 rings (SSSR count). The van der Waals surface area contributed by atoms with Gasteiger partial charge in [0, 0.05) is 23.7 Å². The van der Waals surface area contributed by atoms with Crippen molar-refractivity contribution < 1.29 is 4.79 Å². The van der Waals surface area contributed by atoms with Gasteiger partial charge in [-0.15, -0.1) is 0 Å². The van der Waals surface area contributed by atoms with Crippen molar-refractivity contribution in [2.75, 3.05) is 0 Å². The lowest BCUT2D eigenvalue weighted by molar-refractivity contribution is -0.108. The van der Waals surface area contributed by atoms with Gasteiger partial charge in [-0.25, -0.2) is 4.98 Å². The van der Waals surface area contributed by atoms with E-state index in [0.29, 0.717) is 23.3 Å². The third-order valence-electron chi connectivity index (χ3n) is 6.68. The van der Waals surface area contributed by atoms with Crippen LogP contribution in [0.2, 0.25) is 5.02 Å². The largest absolute Gasteiger partial charge is 0.338 e. The molecule has 0 saturated heterocycles.